The van der Waals surface area contributed by atoms with Crippen molar-refractivity contribution in [1.82, 2.24) is 0 Å². The monoisotopic (exact) mass is 254 g/mol. The second kappa shape index (κ2) is 5.92. The lowest BCUT2D eigenvalue weighted by atomic mass is 9.91. The highest BCUT2D eigenvalue weighted by Crippen LogP contribution is 2.25. The van der Waals surface area contributed by atoms with Crippen molar-refractivity contribution < 1.29 is 8.97 Å². The molecule has 2 heterocycles. The van der Waals surface area contributed by atoms with Crippen LogP contribution in [0.5, 0.6) is 0 Å². The predicted molar refractivity (Wildman–Crippen MR) is 78.4 cm³/mol. The first kappa shape index (κ1) is 14.3. The molecule has 2 nitrogen and oxygen atoms in total. The topological polar surface area (TPSA) is 0 Å². The molecule has 0 aromatic carbocycles. The fourth-order valence-electron chi connectivity index (χ4n) is 3.87. The second-order valence-electron chi connectivity index (χ2n) is 7.82. The lowest BCUT2D eigenvalue weighted by molar-refractivity contribution is -0.914. The smallest absolute Gasteiger partial charge is 0.0785 e. The van der Waals surface area contributed by atoms with Crippen molar-refractivity contribution in [2.24, 2.45) is 5.92 Å². The van der Waals surface area contributed by atoms with Gasteiger partial charge in [-0.3, -0.25) is 0 Å². The third kappa shape index (κ3) is 4.24. The molecule has 2 aliphatic rings. The van der Waals surface area contributed by atoms with Crippen LogP contribution in [0.1, 0.15) is 44.9 Å². The van der Waals surface area contributed by atoms with Crippen molar-refractivity contribution in [2.75, 3.05) is 53.9 Å². The number of quaternary nitrogens is 2. The van der Waals surface area contributed by atoms with Gasteiger partial charge >= 0.3 is 0 Å². The van der Waals surface area contributed by atoms with Crippen LogP contribution in [0.2, 0.25) is 0 Å². The summed E-state index contributed by atoms with van der Waals surface area (Å²) >= 11 is 0. The van der Waals surface area contributed by atoms with E-state index in [1.54, 1.807) is 0 Å². The van der Waals surface area contributed by atoms with E-state index in [1.165, 1.54) is 86.6 Å². The maximum atomic E-state index is 2.49. The van der Waals surface area contributed by atoms with Crippen LogP contribution in [0.15, 0.2) is 0 Å². The molecule has 2 aliphatic heterocycles. The van der Waals surface area contributed by atoms with Gasteiger partial charge in [-0.15, -0.1) is 0 Å². The molecular weight excluding hydrogens is 220 g/mol. The summed E-state index contributed by atoms with van der Waals surface area (Å²) in [6.45, 7) is 7.12. The Balaban J connectivity index is 1.63. The number of hydrogen-bond acceptors (Lipinski definition) is 0. The Hall–Kier alpha value is -0.0800. The van der Waals surface area contributed by atoms with Gasteiger partial charge < -0.3 is 8.97 Å². The van der Waals surface area contributed by atoms with Crippen molar-refractivity contribution in [3.63, 3.8) is 0 Å². The molecule has 0 saturated carbocycles. The molecule has 106 valence electrons. The zero-order valence-corrected chi connectivity index (χ0v) is 13.0. The molecule has 0 spiro atoms. The number of likely N-dealkylation sites (tertiary alicyclic amines) is 2. The molecule has 0 aromatic rings. The molecule has 0 atom stereocenters. The first-order valence-corrected chi connectivity index (χ1v) is 8.15. The Bertz CT molecular complexity index is 244. The molecule has 0 bridgehead atoms. The highest BCUT2D eigenvalue weighted by Gasteiger charge is 2.28. The van der Waals surface area contributed by atoms with Crippen molar-refractivity contribution in [2.45, 2.75) is 44.9 Å². The average Bonchev–Trinajstić information content (AvgIpc) is 2.32. The average molecular weight is 254 g/mol. The minimum atomic E-state index is 1.03. The largest absolute Gasteiger partial charge is 0.328 e. The van der Waals surface area contributed by atoms with E-state index in [1.807, 2.05) is 0 Å². The van der Waals surface area contributed by atoms with Crippen LogP contribution in [0.4, 0.5) is 0 Å². The van der Waals surface area contributed by atoms with Gasteiger partial charge in [-0.05, 0) is 50.9 Å². The van der Waals surface area contributed by atoms with Crippen LogP contribution in [-0.2, 0) is 0 Å². The van der Waals surface area contributed by atoms with Crippen LogP contribution in [0.25, 0.3) is 0 Å². The van der Waals surface area contributed by atoms with Crippen LogP contribution in [0, 0.1) is 5.92 Å². The first-order chi connectivity index (χ1) is 8.49. The number of nitrogens with zero attached hydrogens (tertiary/aromatic N) is 2. The summed E-state index contributed by atoms with van der Waals surface area (Å²) in [4.78, 5) is 0. The summed E-state index contributed by atoms with van der Waals surface area (Å²) in [5.74, 6) is 1.03. The van der Waals surface area contributed by atoms with Gasteiger partial charge in [0.05, 0.1) is 53.9 Å². The number of hydrogen-bond donors (Lipinski definition) is 0. The quantitative estimate of drug-likeness (QED) is 0.677. The maximum absolute atomic E-state index is 2.49. The molecule has 0 aliphatic carbocycles. The second-order valence-corrected chi connectivity index (χ2v) is 7.82. The molecular formula is C16H34N2+2. The van der Waals surface area contributed by atoms with E-state index >= 15 is 0 Å². The van der Waals surface area contributed by atoms with Crippen LogP contribution in [0.3, 0.4) is 0 Å². The SMILES string of the molecule is C[N+]1(C)CCC(CCC[N+]2(C)CCCCC2)CC1. The summed E-state index contributed by atoms with van der Waals surface area (Å²) in [6.07, 6.45) is 10.3. The predicted octanol–water partition coefficient (Wildman–Crippen LogP) is 2.88. The molecule has 0 N–H and O–H groups in total. The van der Waals surface area contributed by atoms with E-state index in [0.29, 0.717) is 0 Å². The lowest BCUT2D eigenvalue weighted by Crippen LogP contribution is -2.49. The number of piperidine rings is 2. The molecule has 0 amide bonds. The van der Waals surface area contributed by atoms with Gasteiger partial charge in [-0.25, -0.2) is 0 Å². The molecule has 0 radical (unpaired) electrons. The Labute approximate surface area is 114 Å². The Morgan fingerprint density at radius 3 is 2.06 bits per heavy atom. The van der Waals surface area contributed by atoms with E-state index in [0.717, 1.165) is 5.92 Å². The van der Waals surface area contributed by atoms with E-state index in [2.05, 4.69) is 21.1 Å². The van der Waals surface area contributed by atoms with E-state index in [9.17, 15) is 0 Å². The molecule has 0 aromatic heterocycles. The fraction of sp³-hybridized carbons (Fsp3) is 1.00. The van der Waals surface area contributed by atoms with Crippen LogP contribution < -0.4 is 0 Å². The lowest BCUT2D eigenvalue weighted by Gasteiger charge is -2.39. The zero-order chi connectivity index (χ0) is 13.1. The van der Waals surface area contributed by atoms with Crippen LogP contribution in [-0.4, -0.2) is 62.8 Å². The van der Waals surface area contributed by atoms with Gasteiger partial charge in [0.25, 0.3) is 0 Å². The van der Waals surface area contributed by atoms with E-state index in [4.69, 9.17) is 0 Å². The van der Waals surface area contributed by atoms with Crippen molar-refractivity contribution in [3.8, 4) is 0 Å². The summed E-state index contributed by atoms with van der Waals surface area (Å²) in [5, 5.41) is 0. The van der Waals surface area contributed by atoms with Gasteiger partial charge in [0, 0.05) is 0 Å². The van der Waals surface area contributed by atoms with E-state index in [-0.39, 0.29) is 0 Å². The molecule has 2 rings (SSSR count). The molecule has 2 saturated heterocycles. The van der Waals surface area contributed by atoms with Gasteiger partial charge in [0.2, 0.25) is 0 Å². The maximum Gasteiger partial charge on any atom is 0.0785 e. The molecule has 2 heteroatoms. The Morgan fingerprint density at radius 2 is 1.44 bits per heavy atom. The van der Waals surface area contributed by atoms with Gasteiger partial charge in [-0.1, -0.05) is 0 Å². The standard InChI is InChI=1S/C16H34N2/c1-17(2)14-9-16(10-15-17)8-7-13-18(3)11-5-4-6-12-18/h16H,4-15H2,1-3H3/q+2. The Morgan fingerprint density at radius 1 is 0.833 bits per heavy atom. The summed E-state index contributed by atoms with van der Waals surface area (Å²) in [5.41, 5.74) is 0. The molecule has 2 fully saturated rings. The van der Waals surface area contributed by atoms with Gasteiger partial charge in [0.1, 0.15) is 0 Å². The molecule has 18 heavy (non-hydrogen) atoms. The Kier molecular flexibility index (Phi) is 4.71. The summed E-state index contributed by atoms with van der Waals surface area (Å²) < 4.78 is 2.62. The zero-order valence-electron chi connectivity index (χ0n) is 13.0. The number of rotatable bonds is 4. The molecule has 0 unspecified atom stereocenters. The fourth-order valence-corrected chi connectivity index (χ4v) is 3.87. The minimum absolute atomic E-state index is 1.03. The van der Waals surface area contributed by atoms with Crippen molar-refractivity contribution in [1.29, 1.82) is 0 Å². The third-order valence-corrected chi connectivity index (χ3v) is 5.49. The van der Waals surface area contributed by atoms with E-state index < -0.39 is 0 Å². The normalized spacial score (nSPS) is 28.2. The third-order valence-electron chi connectivity index (χ3n) is 5.49. The summed E-state index contributed by atoms with van der Waals surface area (Å²) in [6, 6.07) is 0. The van der Waals surface area contributed by atoms with Gasteiger partial charge in [-0.2, -0.15) is 0 Å². The minimum Gasteiger partial charge on any atom is -0.328 e. The van der Waals surface area contributed by atoms with Crippen LogP contribution >= 0.6 is 0 Å². The van der Waals surface area contributed by atoms with Crippen molar-refractivity contribution in [3.05, 3.63) is 0 Å². The van der Waals surface area contributed by atoms with Gasteiger partial charge in [0.15, 0.2) is 0 Å². The first-order valence-electron chi connectivity index (χ1n) is 8.15. The highest BCUT2D eigenvalue weighted by molar-refractivity contribution is 4.64. The van der Waals surface area contributed by atoms with Crippen molar-refractivity contribution >= 4 is 0 Å². The highest BCUT2D eigenvalue weighted by atomic mass is 15.3. The summed E-state index contributed by atoms with van der Waals surface area (Å²) in [7, 11) is 7.26.